The Morgan fingerprint density at radius 3 is 2.84 bits per heavy atom. The van der Waals surface area contributed by atoms with Crippen molar-refractivity contribution in [2.24, 2.45) is 10.8 Å². The van der Waals surface area contributed by atoms with E-state index in [9.17, 15) is 9.59 Å². The van der Waals surface area contributed by atoms with Crippen LogP contribution in [0, 0.1) is 0 Å². The number of nitrogens with one attached hydrogen (secondary N) is 1. The first kappa shape index (κ1) is 17.5. The van der Waals surface area contributed by atoms with Crippen LogP contribution >= 0.6 is 12.4 Å². The van der Waals surface area contributed by atoms with Crippen LogP contribution in [-0.4, -0.2) is 29.0 Å². The molecule has 0 bridgehead atoms. The van der Waals surface area contributed by atoms with Crippen molar-refractivity contribution in [2.45, 2.75) is 38.1 Å². The summed E-state index contributed by atoms with van der Waals surface area (Å²) in [5.41, 5.74) is 12.6. The highest BCUT2D eigenvalue weighted by Gasteiger charge is 2.39. The SMILES string of the molecule is Cl.NC(=O)N/N=C1\CC2c3ccccc3CCN2C2=C1C(=O)CCC2. The molecule has 3 N–H and O–H groups in total. The van der Waals surface area contributed by atoms with Crippen LogP contribution in [0.4, 0.5) is 4.79 Å². The van der Waals surface area contributed by atoms with Gasteiger partial charge in [0.1, 0.15) is 0 Å². The Morgan fingerprint density at radius 2 is 2.04 bits per heavy atom. The number of hydrazone groups is 1. The van der Waals surface area contributed by atoms with Crippen LogP contribution in [0.5, 0.6) is 0 Å². The summed E-state index contributed by atoms with van der Waals surface area (Å²) < 4.78 is 0. The summed E-state index contributed by atoms with van der Waals surface area (Å²) in [7, 11) is 0. The number of amides is 2. The summed E-state index contributed by atoms with van der Waals surface area (Å²) in [5, 5.41) is 4.17. The highest BCUT2D eigenvalue weighted by atomic mass is 35.5. The summed E-state index contributed by atoms with van der Waals surface area (Å²) in [4.78, 5) is 25.9. The quantitative estimate of drug-likeness (QED) is 0.754. The van der Waals surface area contributed by atoms with Gasteiger partial charge in [-0.25, -0.2) is 10.2 Å². The van der Waals surface area contributed by atoms with Gasteiger partial charge in [0.15, 0.2) is 5.78 Å². The molecule has 1 aromatic rings. The first-order valence-corrected chi connectivity index (χ1v) is 8.38. The number of hydrogen-bond donors (Lipinski definition) is 2. The number of rotatable bonds is 1. The summed E-state index contributed by atoms with van der Waals surface area (Å²) in [6.07, 6.45) is 3.91. The van der Waals surface area contributed by atoms with Gasteiger partial charge in [-0.15, -0.1) is 12.4 Å². The number of ketones is 1. The number of halogens is 1. The zero-order chi connectivity index (χ0) is 16.7. The van der Waals surface area contributed by atoms with Gasteiger partial charge < -0.3 is 10.6 Å². The van der Waals surface area contributed by atoms with Crippen LogP contribution < -0.4 is 11.2 Å². The minimum Gasteiger partial charge on any atom is -0.366 e. The van der Waals surface area contributed by atoms with Crippen molar-refractivity contribution in [1.82, 2.24) is 10.3 Å². The Kier molecular flexibility index (Phi) is 4.81. The molecule has 25 heavy (non-hydrogen) atoms. The molecule has 1 unspecified atom stereocenters. The maximum absolute atomic E-state index is 12.5. The molecule has 0 spiro atoms. The van der Waals surface area contributed by atoms with Crippen LogP contribution in [0.15, 0.2) is 40.6 Å². The van der Waals surface area contributed by atoms with Crippen molar-refractivity contribution in [3.05, 3.63) is 46.7 Å². The third kappa shape index (κ3) is 3.02. The second-order valence-corrected chi connectivity index (χ2v) is 6.50. The summed E-state index contributed by atoms with van der Waals surface area (Å²) in [6, 6.07) is 7.90. The average molecular weight is 361 g/mol. The van der Waals surface area contributed by atoms with Crippen LogP contribution in [0.25, 0.3) is 0 Å². The lowest BCUT2D eigenvalue weighted by atomic mass is 9.79. The van der Waals surface area contributed by atoms with Gasteiger partial charge in [-0.1, -0.05) is 24.3 Å². The fourth-order valence-electron chi connectivity index (χ4n) is 4.15. The van der Waals surface area contributed by atoms with E-state index in [1.807, 2.05) is 0 Å². The lowest BCUT2D eigenvalue weighted by Gasteiger charge is -2.45. The van der Waals surface area contributed by atoms with Gasteiger partial charge >= 0.3 is 6.03 Å². The van der Waals surface area contributed by atoms with Gasteiger partial charge in [0.05, 0.1) is 17.3 Å². The Morgan fingerprint density at radius 1 is 1.24 bits per heavy atom. The molecule has 1 aromatic carbocycles. The number of primary amides is 1. The van der Waals surface area contributed by atoms with E-state index < -0.39 is 6.03 Å². The van der Waals surface area contributed by atoms with E-state index in [-0.39, 0.29) is 24.2 Å². The Balaban J connectivity index is 0.00000182. The normalized spacial score (nSPS) is 23.4. The van der Waals surface area contributed by atoms with Gasteiger partial charge in [-0.05, 0) is 30.4 Å². The number of Topliss-reactive ketones (excluding diaryl/α,β-unsaturated/α-hetero) is 1. The molecule has 4 rings (SSSR count). The lowest BCUT2D eigenvalue weighted by molar-refractivity contribution is -0.115. The van der Waals surface area contributed by atoms with Crippen molar-refractivity contribution in [1.29, 1.82) is 0 Å². The number of hydrogen-bond acceptors (Lipinski definition) is 4. The number of benzene rings is 1. The zero-order valence-corrected chi connectivity index (χ0v) is 14.6. The van der Waals surface area contributed by atoms with Gasteiger partial charge in [0, 0.05) is 25.1 Å². The van der Waals surface area contributed by atoms with Crippen LogP contribution in [0.1, 0.15) is 42.9 Å². The lowest BCUT2D eigenvalue weighted by Crippen LogP contribution is -2.43. The molecule has 1 aliphatic carbocycles. The standard InChI is InChI=1S/C18H20N4O2.ClH/c19-18(24)21-20-13-10-15-12-5-2-1-4-11(12)8-9-22(15)14-6-3-7-16(23)17(13)14;/h1-2,4-5,15H,3,6-10H2,(H3,19,21,24);1H/b20-13+;. The predicted octanol–water partition coefficient (Wildman–Crippen LogP) is 2.44. The maximum atomic E-state index is 12.5. The highest BCUT2D eigenvalue weighted by molar-refractivity contribution is 6.24. The number of carbonyl (C=O) groups excluding carboxylic acids is 2. The molecule has 0 fully saturated rings. The van der Waals surface area contributed by atoms with Crippen molar-refractivity contribution in [2.75, 3.05) is 6.54 Å². The summed E-state index contributed by atoms with van der Waals surface area (Å²) >= 11 is 0. The van der Waals surface area contributed by atoms with E-state index in [0.717, 1.165) is 31.5 Å². The van der Waals surface area contributed by atoms with E-state index in [1.54, 1.807) is 0 Å². The number of carbonyl (C=O) groups is 2. The molecule has 6 nitrogen and oxygen atoms in total. The predicted molar refractivity (Wildman–Crippen MR) is 97.5 cm³/mol. The van der Waals surface area contributed by atoms with Gasteiger partial charge in [0.25, 0.3) is 0 Å². The number of allylic oxidation sites excluding steroid dienone is 2. The molecule has 0 saturated heterocycles. The van der Waals surface area contributed by atoms with Gasteiger partial charge in [-0.2, -0.15) is 5.10 Å². The van der Waals surface area contributed by atoms with E-state index in [1.165, 1.54) is 11.1 Å². The minimum atomic E-state index is -0.709. The third-order valence-electron chi connectivity index (χ3n) is 5.12. The molecule has 3 aliphatic rings. The Labute approximate surface area is 152 Å². The fourth-order valence-corrected chi connectivity index (χ4v) is 4.15. The Hall–Kier alpha value is -2.34. The van der Waals surface area contributed by atoms with Gasteiger partial charge in [0.2, 0.25) is 0 Å². The van der Waals surface area contributed by atoms with E-state index in [2.05, 4.69) is 39.7 Å². The first-order chi connectivity index (χ1) is 11.6. The maximum Gasteiger partial charge on any atom is 0.332 e. The summed E-state index contributed by atoms with van der Waals surface area (Å²) in [6.45, 7) is 0.921. The molecule has 0 radical (unpaired) electrons. The topological polar surface area (TPSA) is 87.8 Å². The summed E-state index contributed by atoms with van der Waals surface area (Å²) in [5.74, 6) is 0.124. The highest BCUT2D eigenvalue weighted by Crippen LogP contribution is 2.43. The molecule has 2 amide bonds. The first-order valence-electron chi connectivity index (χ1n) is 8.38. The largest absolute Gasteiger partial charge is 0.366 e. The molecule has 1 atom stereocenters. The smallest absolute Gasteiger partial charge is 0.332 e. The van der Waals surface area contributed by atoms with Crippen molar-refractivity contribution < 1.29 is 9.59 Å². The van der Waals surface area contributed by atoms with Crippen LogP contribution in [0.3, 0.4) is 0 Å². The molecule has 0 saturated carbocycles. The molecule has 0 aromatic heterocycles. The zero-order valence-electron chi connectivity index (χ0n) is 13.8. The van der Waals surface area contributed by atoms with Crippen molar-refractivity contribution >= 4 is 29.9 Å². The number of fused-ring (bicyclic) bond motifs is 4. The Bertz CT molecular complexity index is 787. The molecule has 2 aliphatic heterocycles. The molecule has 7 heteroatoms. The molecular formula is C18H21ClN4O2. The second kappa shape index (κ2) is 6.88. The van der Waals surface area contributed by atoms with Crippen molar-refractivity contribution in [3.63, 3.8) is 0 Å². The average Bonchev–Trinajstić information content (AvgIpc) is 2.59. The van der Waals surface area contributed by atoms with Crippen LogP contribution in [-0.2, 0) is 11.2 Å². The van der Waals surface area contributed by atoms with Crippen molar-refractivity contribution in [3.8, 4) is 0 Å². The third-order valence-corrected chi connectivity index (χ3v) is 5.12. The molecular weight excluding hydrogens is 340 g/mol. The number of nitrogens with zero attached hydrogens (tertiary/aromatic N) is 2. The van der Waals surface area contributed by atoms with Crippen LogP contribution in [0.2, 0.25) is 0 Å². The van der Waals surface area contributed by atoms with E-state index >= 15 is 0 Å². The van der Waals surface area contributed by atoms with E-state index in [4.69, 9.17) is 5.73 Å². The minimum absolute atomic E-state index is 0. The fraction of sp³-hybridized carbons (Fsp3) is 0.389. The number of urea groups is 1. The second-order valence-electron chi connectivity index (χ2n) is 6.50. The molecule has 132 valence electrons. The monoisotopic (exact) mass is 360 g/mol. The van der Waals surface area contributed by atoms with Gasteiger partial charge in [-0.3, -0.25) is 4.79 Å². The number of nitrogens with two attached hydrogens (primary N) is 1. The molecule has 2 heterocycles. The van der Waals surface area contributed by atoms with E-state index in [0.29, 0.717) is 24.1 Å².